The summed E-state index contributed by atoms with van der Waals surface area (Å²) in [5.41, 5.74) is 0.232. The van der Waals surface area contributed by atoms with E-state index in [1.807, 2.05) is 0 Å². The Hall–Kier alpha value is -1.82. The number of ether oxygens (including phenoxy) is 1. The van der Waals surface area contributed by atoms with Gasteiger partial charge in [0.2, 0.25) is 5.88 Å². The third-order valence-electron chi connectivity index (χ3n) is 4.09. The van der Waals surface area contributed by atoms with Gasteiger partial charge in [-0.2, -0.15) is 0 Å². The molecule has 1 aromatic rings. The van der Waals surface area contributed by atoms with Crippen LogP contribution in [0.4, 0.5) is 0 Å². The summed E-state index contributed by atoms with van der Waals surface area (Å²) in [4.78, 5) is 27.5. The zero-order valence-corrected chi connectivity index (χ0v) is 13.4. The molecule has 23 heavy (non-hydrogen) atoms. The zero-order valence-electron chi connectivity index (χ0n) is 12.6. The second-order valence-electron chi connectivity index (χ2n) is 6.31. The average molecular weight is 339 g/mol. The van der Waals surface area contributed by atoms with Gasteiger partial charge in [-0.3, -0.25) is 4.79 Å². The van der Waals surface area contributed by atoms with Crippen LogP contribution in [0.3, 0.4) is 0 Å². The maximum absolute atomic E-state index is 12.2. The summed E-state index contributed by atoms with van der Waals surface area (Å²) in [5.74, 6) is -0.219. The van der Waals surface area contributed by atoms with Crippen LogP contribution < -0.4 is 10.1 Å². The second-order valence-corrected chi connectivity index (χ2v) is 6.72. The monoisotopic (exact) mass is 338 g/mol. The lowest BCUT2D eigenvalue weighted by Crippen LogP contribution is -2.41. The minimum absolute atomic E-state index is 0.232. The molecule has 0 bridgehead atoms. The molecule has 0 spiro atoms. The first kappa shape index (κ1) is 16.1. The van der Waals surface area contributed by atoms with Crippen LogP contribution in [0.5, 0.6) is 5.88 Å². The van der Waals surface area contributed by atoms with Crippen molar-refractivity contribution in [2.45, 2.75) is 38.1 Å². The molecule has 2 aliphatic carbocycles. The van der Waals surface area contributed by atoms with E-state index >= 15 is 0 Å². The van der Waals surface area contributed by atoms with E-state index in [0.29, 0.717) is 30.7 Å². The number of nitrogens with zero attached hydrogens (tertiary/aromatic N) is 1. The average Bonchev–Trinajstić information content (AvgIpc) is 3.39. The Bertz CT molecular complexity index is 614. The molecule has 3 rings (SSSR count). The number of pyridine rings is 1. The number of amides is 1. The minimum atomic E-state index is -1.02. The summed E-state index contributed by atoms with van der Waals surface area (Å²) in [6.45, 7) is 0.584. The topological polar surface area (TPSA) is 88.5 Å². The van der Waals surface area contributed by atoms with E-state index < -0.39 is 17.9 Å². The molecular weight excluding hydrogens is 320 g/mol. The zero-order chi connectivity index (χ0) is 16.4. The van der Waals surface area contributed by atoms with Crippen molar-refractivity contribution < 1.29 is 19.4 Å². The van der Waals surface area contributed by atoms with Crippen molar-refractivity contribution in [3.8, 4) is 5.88 Å². The van der Waals surface area contributed by atoms with Gasteiger partial charge in [0.1, 0.15) is 11.1 Å². The molecular formula is C16H19ClN2O4. The largest absolute Gasteiger partial charge is 0.480 e. The number of rotatable bonds is 8. The molecule has 0 aliphatic heterocycles. The predicted octanol–water partition coefficient (Wildman–Crippen LogP) is 2.51. The predicted molar refractivity (Wildman–Crippen MR) is 83.7 cm³/mol. The smallest absolute Gasteiger partial charge is 0.326 e. The quantitative estimate of drug-likeness (QED) is 0.760. The van der Waals surface area contributed by atoms with Gasteiger partial charge in [-0.1, -0.05) is 24.4 Å². The van der Waals surface area contributed by atoms with Gasteiger partial charge in [0.15, 0.2) is 0 Å². The van der Waals surface area contributed by atoms with E-state index in [1.165, 1.54) is 12.3 Å². The number of carbonyl (C=O) groups is 2. The molecule has 2 saturated carbocycles. The fourth-order valence-corrected chi connectivity index (χ4v) is 2.51. The van der Waals surface area contributed by atoms with Gasteiger partial charge < -0.3 is 15.2 Å². The second kappa shape index (κ2) is 6.74. The van der Waals surface area contributed by atoms with Gasteiger partial charge in [0, 0.05) is 6.20 Å². The van der Waals surface area contributed by atoms with Crippen LogP contribution in [0, 0.1) is 11.8 Å². The number of aromatic nitrogens is 1. The van der Waals surface area contributed by atoms with Gasteiger partial charge in [-0.15, -0.1) is 0 Å². The third-order valence-corrected chi connectivity index (χ3v) is 4.36. The van der Waals surface area contributed by atoms with Crippen LogP contribution in [0.2, 0.25) is 5.02 Å². The highest BCUT2D eigenvalue weighted by atomic mass is 35.5. The Kier molecular flexibility index (Phi) is 4.71. The van der Waals surface area contributed by atoms with Crippen LogP contribution in [0.25, 0.3) is 0 Å². The lowest BCUT2D eigenvalue weighted by molar-refractivity contribution is -0.139. The first-order valence-electron chi connectivity index (χ1n) is 7.85. The number of hydrogen-bond acceptors (Lipinski definition) is 4. The summed E-state index contributed by atoms with van der Waals surface area (Å²) >= 11 is 6.09. The summed E-state index contributed by atoms with van der Waals surface area (Å²) in [6, 6.07) is 0.585. The number of carboxylic acid groups (broad SMARTS) is 1. The number of halogens is 1. The molecule has 0 radical (unpaired) electrons. The van der Waals surface area contributed by atoms with Crippen molar-refractivity contribution >= 4 is 23.5 Å². The molecule has 0 aromatic carbocycles. The maximum Gasteiger partial charge on any atom is 0.326 e. The summed E-state index contributed by atoms with van der Waals surface area (Å²) in [6.07, 6.45) is 6.20. The van der Waals surface area contributed by atoms with Gasteiger partial charge in [0.25, 0.3) is 5.91 Å². The van der Waals surface area contributed by atoms with Gasteiger partial charge in [0.05, 0.1) is 12.2 Å². The lowest BCUT2D eigenvalue weighted by Gasteiger charge is -2.14. The van der Waals surface area contributed by atoms with Crippen molar-refractivity contribution in [3.05, 3.63) is 22.8 Å². The third kappa shape index (κ3) is 4.58. The molecule has 1 unspecified atom stereocenters. The van der Waals surface area contributed by atoms with E-state index in [0.717, 1.165) is 25.7 Å². The van der Waals surface area contributed by atoms with Crippen molar-refractivity contribution in [1.29, 1.82) is 0 Å². The highest BCUT2D eigenvalue weighted by molar-refractivity contribution is 6.32. The Balaban J connectivity index is 1.61. The Morgan fingerprint density at radius 3 is 2.61 bits per heavy atom. The van der Waals surface area contributed by atoms with E-state index in [9.17, 15) is 14.7 Å². The number of nitrogens with one attached hydrogen (secondary N) is 1. The van der Waals surface area contributed by atoms with E-state index in [4.69, 9.17) is 16.3 Å². The number of aliphatic carboxylic acids is 1. The van der Waals surface area contributed by atoms with Crippen LogP contribution >= 0.6 is 11.6 Å². The van der Waals surface area contributed by atoms with E-state index in [-0.39, 0.29) is 10.6 Å². The van der Waals surface area contributed by atoms with Gasteiger partial charge >= 0.3 is 5.97 Å². The molecule has 2 aliphatic rings. The van der Waals surface area contributed by atoms with Crippen LogP contribution in [-0.2, 0) is 4.79 Å². The molecule has 0 saturated heterocycles. The SMILES string of the molecule is O=C(NC(CC1CC1)C(=O)O)c1cnc(OCC2CC2)c(Cl)c1. The van der Waals surface area contributed by atoms with Crippen molar-refractivity contribution in [3.63, 3.8) is 0 Å². The van der Waals surface area contributed by atoms with E-state index in [1.54, 1.807) is 0 Å². The van der Waals surface area contributed by atoms with E-state index in [2.05, 4.69) is 10.3 Å². The molecule has 7 heteroatoms. The molecule has 2 fully saturated rings. The summed E-state index contributed by atoms with van der Waals surface area (Å²) in [5, 5.41) is 12.0. The molecule has 124 valence electrons. The Morgan fingerprint density at radius 1 is 1.35 bits per heavy atom. The van der Waals surface area contributed by atoms with Gasteiger partial charge in [-0.25, -0.2) is 9.78 Å². The number of hydrogen-bond donors (Lipinski definition) is 2. The normalized spacial score (nSPS) is 18.3. The van der Waals surface area contributed by atoms with Crippen molar-refractivity contribution in [1.82, 2.24) is 10.3 Å². The highest BCUT2D eigenvalue weighted by Gasteiger charge is 2.30. The van der Waals surface area contributed by atoms with Gasteiger partial charge in [-0.05, 0) is 37.2 Å². The standard InChI is InChI=1S/C16H19ClN2O4/c17-12-6-11(7-18-15(12)23-8-10-3-4-10)14(20)19-13(16(21)22)5-9-1-2-9/h6-7,9-10,13H,1-5,8H2,(H,19,20)(H,21,22). The van der Waals surface area contributed by atoms with Crippen molar-refractivity contribution in [2.24, 2.45) is 11.8 Å². The van der Waals surface area contributed by atoms with Crippen molar-refractivity contribution in [2.75, 3.05) is 6.61 Å². The van der Waals surface area contributed by atoms with Crippen LogP contribution in [0.1, 0.15) is 42.5 Å². The minimum Gasteiger partial charge on any atom is -0.480 e. The lowest BCUT2D eigenvalue weighted by atomic mass is 10.1. The summed E-state index contributed by atoms with van der Waals surface area (Å²) < 4.78 is 5.51. The molecule has 1 atom stereocenters. The Morgan fingerprint density at radius 2 is 2.04 bits per heavy atom. The molecule has 1 heterocycles. The molecule has 1 aromatic heterocycles. The number of carbonyl (C=O) groups excluding carboxylic acids is 1. The highest BCUT2D eigenvalue weighted by Crippen LogP contribution is 2.34. The first-order valence-corrected chi connectivity index (χ1v) is 8.22. The van der Waals surface area contributed by atoms with Crippen LogP contribution in [-0.4, -0.2) is 34.6 Å². The molecule has 6 nitrogen and oxygen atoms in total. The summed E-state index contributed by atoms with van der Waals surface area (Å²) in [7, 11) is 0. The van der Waals surface area contributed by atoms with Crippen LogP contribution in [0.15, 0.2) is 12.3 Å². The molecule has 2 N–H and O–H groups in total. The first-order chi connectivity index (χ1) is 11.0. The molecule has 1 amide bonds. The maximum atomic E-state index is 12.2. The fourth-order valence-electron chi connectivity index (χ4n) is 2.29. The Labute approximate surface area is 139 Å². The fraction of sp³-hybridized carbons (Fsp3) is 0.562. The number of carboxylic acids is 1.